The lowest BCUT2D eigenvalue weighted by molar-refractivity contribution is 0.141. The monoisotopic (exact) mass is 346 g/mol. The fourth-order valence-corrected chi connectivity index (χ4v) is 3.75. The van der Waals surface area contributed by atoms with Gasteiger partial charge in [-0.3, -0.25) is 4.68 Å². The van der Waals surface area contributed by atoms with E-state index in [1.165, 1.54) is 6.42 Å². The lowest BCUT2D eigenvalue weighted by atomic mass is 10.1. The molecule has 4 heterocycles. The van der Waals surface area contributed by atoms with Gasteiger partial charge < -0.3 is 10.1 Å². The number of ether oxygens (including phenoxy) is 1. The van der Waals surface area contributed by atoms with Gasteiger partial charge in [-0.1, -0.05) is 0 Å². The van der Waals surface area contributed by atoms with E-state index in [0.717, 1.165) is 29.7 Å². The van der Waals surface area contributed by atoms with Crippen LogP contribution >= 0.6 is 12.4 Å². The van der Waals surface area contributed by atoms with Crippen molar-refractivity contribution < 1.29 is 4.74 Å². The highest BCUT2D eigenvalue weighted by atomic mass is 35.5. The first-order valence-electron chi connectivity index (χ1n) is 8.00. The molecule has 3 aromatic heterocycles. The minimum Gasteiger partial charge on any atom is -0.472 e. The molecule has 3 aromatic rings. The van der Waals surface area contributed by atoms with Gasteiger partial charge in [0.15, 0.2) is 0 Å². The first kappa shape index (κ1) is 15.4. The van der Waals surface area contributed by atoms with E-state index < -0.39 is 0 Å². The van der Waals surface area contributed by atoms with Gasteiger partial charge in [0.1, 0.15) is 11.6 Å². The van der Waals surface area contributed by atoms with E-state index >= 15 is 0 Å². The van der Waals surface area contributed by atoms with Crippen LogP contribution in [0.1, 0.15) is 12.8 Å². The van der Waals surface area contributed by atoms with E-state index in [-0.39, 0.29) is 18.5 Å². The van der Waals surface area contributed by atoms with Gasteiger partial charge in [0.25, 0.3) is 0 Å². The summed E-state index contributed by atoms with van der Waals surface area (Å²) in [6.07, 6.45) is 9.97. The largest absolute Gasteiger partial charge is 0.472 e. The minimum absolute atomic E-state index is 0. The molecule has 2 aliphatic rings. The highest BCUT2D eigenvalue weighted by molar-refractivity contribution is 5.85. The van der Waals surface area contributed by atoms with Gasteiger partial charge in [-0.2, -0.15) is 10.2 Å². The maximum atomic E-state index is 6.31. The quantitative estimate of drug-likeness (QED) is 0.781. The van der Waals surface area contributed by atoms with Crippen LogP contribution in [0.5, 0.6) is 5.88 Å². The molecule has 1 N–H and O–H groups in total. The van der Waals surface area contributed by atoms with Crippen LogP contribution in [0.25, 0.3) is 16.8 Å². The van der Waals surface area contributed by atoms with Crippen LogP contribution in [0.4, 0.5) is 0 Å². The summed E-state index contributed by atoms with van der Waals surface area (Å²) in [6.45, 7) is 1.05. The third-order valence-electron chi connectivity index (χ3n) is 4.92. The SMILES string of the molecule is Cl.Cn1cc(-c2cn3nccc3c(O[C@H]3C[C@H]4C[C@@H]3CN4)n2)cn1. The molecule has 0 unspecified atom stereocenters. The summed E-state index contributed by atoms with van der Waals surface area (Å²) in [5.74, 6) is 1.26. The molecule has 7 nitrogen and oxygen atoms in total. The van der Waals surface area contributed by atoms with Crippen LogP contribution < -0.4 is 10.1 Å². The second-order valence-electron chi connectivity index (χ2n) is 6.49. The Labute approximate surface area is 145 Å². The van der Waals surface area contributed by atoms with Crippen molar-refractivity contribution in [3.05, 3.63) is 30.9 Å². The number of aryl methyl sites for hydroxylation is 1. The number of fused-ring (bicyclic) bond motifs is 3. The molecule has 126 valence electrons. The van der Waals surface area contributed by atoms with Gasteiger partial charge in [0.2, 0.25) is 5.88 Å². The highest BCUT2D eigenvalue weighted by Crippen LogP contribution is 2.35. The Morgan fingerprint density at radius 1 is 1.25 bits per heavy atom. The Morgan fingerprint density at radius 2 is 2.17 bits per heavy atom. The summed E-state index contributed by atoms with van der Waals surface area (Å²) in [4.78, 5) is 4.75. The van der Waals surface area contributed by atoms with Crippen LogP contribution in [0.2, 0.25) is 0 Å². The van der Waals surface area contributed by atoms with E-state index in [0.29, 0.717) is 17.8 Å². The Bertz CT molecular complexity index is 874. The summed E-state index contributed by atoms with van der Waals surface area (Å²) in [6, 6.07) is 2.55. The fraction of sp³-hybridized carbons (Fsp3) is 0.438. The normalized spacial score (nSPS) is 25.1. The standard InChI is InChI=1S/C16H18N6O.ClH/c1-21-8-11(7-19-21)13-9-22-14(2-3-18-22)16(20-13)23-15-5-12-4-10(15)6-17-12;/h2-3,7-10,12,15,17H,4-6H2,1H3;1H/t10-,12-,15+;/m1./s1. The summed E-state index contributed by atoms with van der Waals surface area (Å²) >= 11 is 0. The third-order valence-corrected chi connectivity index (χ3v) is 4.92. The molecule has 0 aromatic carbocycles. The van der Waals surface area contributed by atoms with E-state index in [4.69, 9.17) is 9.72 Å². The van der Waals surface area contributed by atoms with Crippen molar-refractivity contribution in [2.24, 2.45) is 13.0 Å². The van der Waals surface area contributed by atoms with Gasteiger partial charge in [-0.05, 0) is 12.5 Å². The molecule has 1 saturated carbocycles. The molecule has 0 spiro atoms. The number of hydrogen-bond donors (Lipinski definition) is 1. The molecule has 2 fully saturated rings. The van der Waals surface area contributed by atoms with Crippen molar-refractivity contribution in [1.82, 2.24) is 29.7 Å². The van der Waals surface area contributed by atoms with Gasteiger partial charge in [-0.25, -0.2) is 9.50 Å². The number of nitrogens with one attached hydrogen (secondary N) is 1. The molecule has 8 heteroatoms. The van der Waals surface area contributed by atoms with Crippen LogP contribution in [0.3, 0.4) is 0 Å². The predicted octanol–water partition coefficient (Wildman–Crippen LogP) is 1.68. The van der Waals surface area contributed by atoms with Gasteiger partial charge in [0.05, 0.1) is 24.3 Å². The lowest BCUT2D eigenvalue weighted by Crippen LogP contribution is -2.36. The van der Waals surface area contributed by atoms with Crippen molar-refractivity contribution in [3.8, 4) is 17.1 Å². The van der Waals surface area contributed by atoms with Crippen molar-refractivity contribution in [1.29, 1.82) is 0 Å². The Hall–Kier alpha value is -2.12. The minimum atomic E-state index is 0. The second kappa shape index (κ2) is 5.75. The Balaban J connectivity index is 0.00000146. The number of aromatic nitrogens is 5. The molecule has 1 saturated heterocycles. The number of piperidine rings is 1. The summed E-state index contributed by atoms with van der Waals surface area (Å²) < 4.78 is 9.91. The number of hydrogen-bond acceptors (Lipinski definition) is 5. The summed E-state index contributed by atoms with van der Waals surface area (Å²) in [5.41, 5.74) is 2.70. The second-order valence-corrected chi connectivity index (χ2v) is 6.49. The lowest BCUT2D eigenvalue weighted by Gasteiger charge is -2.23. The summed E-state index contributed by atoms with van der Waals surface area (Å²) in [7, 11) is 1.90. The van der Waals surface area contributed by atoms with E-state index in [1.807, 2.05) is 36.2 Å². The third kappa shape index (κ3) is 2.44. The molecule has 24 heavy (non-hydrogen) atoms. The maximum Gasteiger partial charge on any atom is 0.240 e. The fourth-order valence-electron chi connectivity index (χ4n) is 3.75. The van der Waals surface area contributed by atoms with Gasteiger partial charge in [0, 0.05) is 43.7 Å². The van der Waals surface area contributed by atoms with Crippen LogP contribution in [-0.2, 0) is 7.05 Å². The van der Waals surface area contributed by atoms with E-state index in [9.17, 15) is 0 Å². The molecular weight excluding hydrogens is 328 g/mol. The van der Waals surface area contributed by atoms with Crippen molar-refractivity contribution in [2.75, 3.05) is 6.54 Å². The van der Waals surface area contributed by atoms with Crippen LogP contribution in [-0.4, -0.2) is 43.1 Å². The first-order valence-corrected chi connectivity index (χ1v) is 8.00. The van der Waals surface area contributed by atoms with Gasteiger partial charge in [-0.15, -0.1) is 12.4 Å². The van der Waals surface area contributed by atoms with Crippen molar-refractivity contribution in [2.45, 2.75) is 25.0 Å². The smallest absolute Gasteiger partial charge is 0.240 e. The average molecular weight is 347 g/mol. The Kier molecular flexibility index (Phi) is 3.69. The van der Waals surface area contributed by atoms with Crippen molar-refractivity contribution >= 4 is 17.9 Å². The zero-order valence-electron chi connectivity index (χ0n) is 13.3. The van der Waals surface area contributed by atoms with Crippen LogP contribution in [0.15, 0.2) is 30.9 Å². The van der Waals surface area contributed by atoms with Crippen LogP contribution in [0, 0.1) is 5.92 Å². The maximum absolute atomic E-state index is 6.31. The van der Waals surface area contributed by atoms with E-state index in [1.54, 1.807) is 10.9 Å². The molecule has 1 aliphatic heterocycles. The zero-order chi connectivity index (χ0) is 15.4. The number of halogens is 1. The van der Waals surface area contributed by atoms with Crippen molar-refractivity contribution in [3.63, 3.8) is 0 Å². The molecule has 3 atom stereocenters. The molecule has 0 radical (unpaired) electrons. The highest BCUT2D eigenvalue weighted by Gasteiger charge is 2.41. The van der Waals surface area contributed by atoms with Gasteiger partial charge >= 0.3 is 0 Å². The molecule has 1 aliphatic carbocycles. The average Bonchev–Trinajstić information content (AvgIpc) is 3.30. The molecular formula is C16H19ClN6O. The Morgan fingerprint density at radius 3 is 2.88 bits per heavy atom. The topological polar surface area (TPSA) is 69.3 Å². The first-order chi connectivity index (χ1) is 11.3. The van der Waals surface area contributed by atoms with E-state index in [2.05, 4.69) is 15.5 Å². The summed E-state index contributed by atoms with van der Waals surface area (Å²) in [5, 5.41) is 12.1. The number of nitrogens with zero attached hydrogens (tertiary/aromatic N) is 5. The predicted molar refractivity (Wildman–Crippen MR) is 91.4 cm³/mol. The zero-order valence-corrected chi connectivity index (χ0v) is 14.1. The molecule has 0 amide bonds. The molecule has 5 rings (SSSR count). The number of rotatable bonds is 3. The molecule has 2 bridgehead atoms.